The van der Waals surface area contributed by atoms with Crippen LogP contribution in [0.2, 0.25) is 0 Å². The van der Waals surface area contributed by atoms with Gasteiger partial charge in [-0.05, 0) is 68.1 Å². The van der Waals surface area contributed by atoms with Gasteiger partial charge in [0.1, 0.15) is 5.78 Å². The van der Waals surface area contributed by atoms with Gasteiger partial charge in [0.05, 0.1) is 0 Å². The zero-order valence-corrected chi connectivity index (χ0v) is 16.8. The van der Waals surface area contributed by atoms with Crippen LogP contribution in [0.1, 0.15) is 116 Å². The first-order chi connectivity index (χ1) is 12.3. The Morgan fingerprint density at radius 3 is 2.16 bits per heavy atom. The standard InChI is InChI=1S/C24H42O/c1-2-3-4-5-6-7-8-19-9-11-20(12-10-19)21-13-14-23-18-24(25)16-15-22(23)17-21/h19-23H,2-18H2,1H3. The van der Waals surface area contributed by atoms with Gasteiger partial charge in [-0.3, -0.25) is 4.79 Å². The summed E-state index contributed by atoms with van der Waals surface area (Å²) in [7, 11) is 0. The molecule has 3 fully saturated rings. The van der Waals surface area contributed by atoms with E-state index in [1.807, 2.05) is 0 Å². The van der Waals surface area contributed by atoms with E-state index in [1.54, 1.807) is 0 Å². The molecule has 0 aromatic heterocycles. The van der Waals surface area contributed by atoms with Crippen molar-refractivity contribution in [2.75, 3.05) is 0 Å². The number of hydrogen-bond acceptors (Lipinski definition) is 1. The van der Waals surface area contributed by atoms with Gasteiger partial charge < -0.3 is 0 Å². The minimum Gasteiger partial charge on any atom is -0.300 e. The van der Waals surface area contributed by atoms with Crippen molar-refractivity contribution in [3.05, 3.63) is 0 Å². The summed E-state index contributed by atoms with van der Waals surface area (Å²) in [5.74, 6) is 5.30. The van der Waals surface area contributed by atoms with Gasteiger partial charge in [-0.1, -0.05) is 64.7 Å². The number of carbonyl (C=O) groups is 1. The average molecular weight is 347 g/mol. The van der Waals surface area contributed by atoms with E-state index in [4.69, 9.17) is 0 Å². The highest BCUT2D eigenvalue weighted by atomic mass is 16.1. The monoisotopic (exact) mass is 346 g/mol. The van der Waals surface area contributed by atoms with Crippen molar-refractivity contribution >= 4 is 5.78 Å². The van der Waals surface area contributed by atoms with E-state index in [0.717, 1.165) is 42.4 Å². The number of fused-ring (bicyclic) bond motifs is 1. The summed E-state index contributed by atoms with van der Waals surface area (Å²) in [6, 6.07) is 0. The Bertz CT molecular complexity index is 393. The molecule has 0 heterocycles. The molecule has 0 N–H and O–H groups in total. The fraction of sp³-hybridized carbons (Fsp3) is 0.958. The van der Waals surface area contributed by atoms with E-state index >= 15 is 0 Å². The quantitative estimate of drug-likeness (QED) is 0.420. The van der Waals surface area contributed by atoms with Crippen molar-refractivity contribution in [3.63, 3.8) is 0 Å². The molecule has 0 amide bonds. The Hall–Kier alpha value is -0.330. The van der Waals surface area contributed by atoms with Crippen LogP contribution in [-0.4, -0.2) is 5.78 Å². The maximum atomic E-state index is 11.7. The Kier molecular flexibility index (Phi) is 7.87. The van der Waals surface area contributed by atoms with Gasteiger partial charge in [-0.2, -0.15) is 0 Å². The number of unbranched alkanes of at least 4 members (excludes halogenated alkanes) is 5. The molecule has 0 aromatic carbocycles. The average Bonchev–Trinajstić information content (AvgIpc) is 2.64. The molecule has 0 spiro atoms. The van der Waals surface area contributed by atoms with Gasteiger partial charge in [0.25, 0.3) is 0 Å². The third kappa shape index (κ3) is 5.83. The second-order valence-electron chi connectivity index (χ2n) is 9.71. The summed E-state index contributed by atoms with van der Waals surface area (Å²) >= 11 is 0. The maximum absolute atomic E-state index is 11.7. The topological polar surface area (TPSA) is 17.1 Å². The SMILES string of the molecule is CCCCCCCCC1CCC(C2CCC3CC(=O)CCC3C2)CC1. The molecule has 1 nitrogen and oxygen atoms in total. The largest absolute Gasteiger partial charge is 0.300 e. The van der Waals surface area contributed by atoms with Crippen LogP contribution in [-0.2, 0) is 4.79 Å². The molecule has 3 aliphatic carbocycles. The normalized spacial score (nSPS) is 36.2. The van der Waals surface area contributed by atoms with Crippen molar-refractivity contribution in [2.24, 2.45) is 29.6 Å². The van der Waals surface area contributed by atoms with Crippen LogP contribution in [0.3, 0.4) is 0 Å². The van der Waals surface area contributed by atoms with E-state index in [9.17, 15) is 4.79 Å². The zero-order valence-electron chi connectivity index (χ0n) is 16.8. The number of ketones is 1. The summed E-state index contributed by atoms with van der Waals surface area (Å²) in [5, 5.41) is 0. The first-order valence-electron chi connectivity index (χ1n) is 11.8. The van der Waals surface area contributed by atoms with E-state index in [2.05, 4.69) is 6.92 Å². The zero-order chi connectivity index (χ0) is 17.5. The highest BCUT2D eigenvalue weighted by Gasteiger charge is 2.38. The fourth-order valence-corrected chi connectivity index (χ4v) is 6.32. The van der Waals surface area contributed by atoms with E-state index < -0.39 is 0 Å². The summed E-state index contributed by atoms with van der Waals surface area (Å²) in [4.78, 5) is 11.7. The van der Waals surface area contributed by atoms with Gasteiger partial charge in [0.15, 0.2) is 0 Å². The van der Waals surface area contributed by atoms with Crippen LogP contribution >= 0.6 is 0 Å². The second-order valence-corrected chi connectivity index (χ2v) is 9.71. The molecule has 3 saturated carbocycles. The van der Waals surface area contributed by atoms with Gasteiger partial charge in [-0.25, -0.2) is 0 Å². The Labute approximate surface area is 156 Å². The molecule has 0 radical (unpaired) electrons. The van der Waals surface area contributed by atoms with Gasteiger partial charge in [-0.15, -0.1) is 0 Å². The maximum Gasteiger partial charge on any atom is 0.133 e. The van der Waals surface area contributed by atoms with Gasteiger partial charge in [0, 0.05) is 12.8 Å². The summed E-state index contributed by atoms with van der Waals surface area (Å²) in [5.41, 5.74) is 0. The lowest BCUT2D eigenvalue weighted by Gasteiger charge is -2.43. The summed E-state index contributed by atoms with van der Waals surface area (Å²) in [6.45, 7) is 2.30. The first-order valence-corrected chi connectivity index (χ1v) is 11.8. The van der Waals surface area contributed by atoms with E-state index in [-0.39, 0.29) is 0 Å². The molecule has 144 valence electrons. The Morgan fingerprint density at radius 2 is 1.36 bits per heavy atom. The third-order valence-corrected chi connectivity index (χ3v) is 7.99. The van der Waals surface area contributed by atoms with Gasteiger partial charge >= 0.3 is 0 Å². The van der Waals surface area contributed by atoms with Crippen LogP contribution < -0.4 is 0 Å². The molecule has 3 aliphatic rings. The molecule has 3 rings (SSSR count). The molecular weight excluding hydrogens is 304 g/mol. The highest BCUT2D eigenvalue weighted by Crippen LogP contribution is 2.47. The summed E-state index contributed by atoms with van der Waals surface area (Å²) < 4.78 is 0. The number of rotatable bonds is 8. The lowest BCUT2D eigenvalue weighted by atomic mass is 9.62. The van der Waals surface area contributed by atoms with Crippen LogP contribution in [0.4, 0.5) is 0 Å². The first kappa shape index (κ1) is 19.4. The van der Waals surface area contributed by atoms with Gasteiger partial charge in [0.2, 0.25) is 0 Å². The van der Waals surface area contributed by atoms with Crippen molar-refractivity contribution < 1.29 is 4.79 Å². The predicted molar refractivity (Wildman–Crippen MR) is 107 cm³/mol. The van der Waals surface area contributed by atoms with Crippen LogP contribution in [0.5, 0.6) is 0 Å². The van der Waals surface area contributed by atoms with Crippen molar-refractivity contribution in [3.8, 4) is 0 Å². The van der Waals surface area contributed by atoms with Crippen molar-refractivity contribution in [1.82, 2.24) is 0 Å². The highest BCUT2D eigenvalue weighted by molar-refractivity contribution is 5.79. The molecule has 0 saturated heterocycles. The fourth-order valence-electron chi connectivity index (χ4n) is 6.32. The molecule has 0 aliphatic heterocycles. The number of hydrogen-bond donors (Lipinski definition) is 0. The second kappa shape index (κ2) is 10.1. The van der Waals surface area contributed by atoms with E-state index in [1.165, 1.54) is 96.3 Å². The predicted octanol–water partition coefficient (Wildman–Crippen LogP) is 7.33. The summed E-state index contributed by atoms with van der Waals surface area (Å²) in [6.07, 6.45) is 23.5. The minimum atomic E-state index is 0.551. The molecule has 3 atom stereocenters. The van der Waals surface area contributed by atoms with E-state index in [0.29, 0.717) is 5.78 Å². The molecule has 0 aromatic rings. The third-order valence-electron chi connectivity index (χ3n) is 7.99. The van der Waals surface area contributed by atoms with Crippen molar-refractivity contribution in [1.29, 1.82) is 0 Å². The molecule has 3 unspecified atom stereocenters. The van der Waals surface area contributed by atoms with Crippen LogP contribution in [0.15, 0.2) is 0 Å². The Balaban J connectivity index is 1.31. The number of Topliss-reactive ketones (excluding diaryl/α,β-unsaturated/α-hetero) is 1. The minimum absolute atomic E-state index is 0.551. The molecule has 1 heteroatoms. The lowest BCUT2D eigenvalue weighted by molar-refractivity contribution is -0.123. The Morgan fingerprint density at radius 1 is 0.720 bits per heavy atom. The van der Waals surface area contributed by atoms with Crippen LogP contribution in [0, 0.1) is 29.6 Å². The molecule has 25 heavy (non-hydrogen) atoms. The molecular formula is C24H42O. The van der Waals surface area contributed by atoms with Crippen molar-refractivity contribution in [2.45, 2.75) is 116 Å². The molecule has 0 bridgehead atoms. The van der Waals surface area contributed by atoms with Crippen LogP contribution in [0.25, 0.3) is 0 Å². The smallest absolute Gasteiger partial charge is 0.133 e. The lowest BCUT2D eigenvalue weighted by Crippen LogP contribution is -2.34. The number of carbonyl (C=O) groups excluding carboxylic acids is 1.